The molecule has 0 saturated carbocycles. The standard InChI is InChI=1S/C16H15ClN4O/c17-13-4-2-1-3-12(13)14-9-15-16(18-6-8-21(15)19-14)20-7-5-11(22)10-20/h1-4,6,8-9,11,22H,5,7,10H2. The maximum absolute atomic E-state index is 9.74. The SMILES string of the molecule is OC1CCN(c2nccn3nc(-c4ccccc4Cl)cc23)C1. The molecule has 112 valence electrons. The zero-order valence-corrected chi connectivity index (χ0v) is 12.6. The number of fused-ring (bicyclic) bond motifs is 1. The average Bonchev–Trinajstić information content (AvgIpc) is 3.13. The molecular formula is C16H15ClN4O. The van der Waals surface area contributed by atoms with Crippen LogP contribution in [0.4, 0.5) is 5.82 Å². The largest absolute Gasteiger partial charge is 0.391 e. The molecule has 1 aliphatic heterocycles. The van der Waals surface area contributed by atoms with Crippen LogP contribution in [-0.4, -0.2) is 38.9 Å². The second-order valence-corrected chi connectivity index (χ2v) is 5.89. The van der Waals surface area contributed by atoms with Crippen LogP contribution in [0.15, 0.2) is 42.7 Å². The third-order valence-corrected chi connectivity index (χ3v) is 4.31. The molecule has 1 N–H and O–H groups in total. The van der Waals surface area contributed by atoms with Gasteiger partial charge in [0, 0.05) is 31.0 Å². The van der Waals surface area contributed by atoms with Crippen molar-refractivity contribution in [3.8, 4) is 11.3 Å². The summed E-state index contributed by atoms with van der Waals surface area (Å²) in [5, 5.41) is 15.0. The number of β-amino-alcohol motifs (C(OH)–C–C–N with tert-alkyl or cyclic N) is 1. The Morgan fingerprint density at radius 2 is 2.14 bits per heavy atom. The summed E-state index contributed by atoms with van der Waals surface area (Å²) in [5.74, 6) is 0.852. The van der Waals surface area contributed by atoms with Gasteiger partial charge in [0.2, 0.25) is 0 Å². The highest BCUT2D eigenvalue weighted by Crippen LogP contribution is 2.30. The summed E-state index contributed by atoms with van der Waals surface area (Å²) < 4.78 is 1.81. The number of hydrogen-bond acceptors (Lipinski definition) is 4. The van der Waals surface area contributed by atoms with Gasteiger partial charge in [0.25, 0.3) is 0 Å². The fourth-order valence-corrected chi connectivity index (χ4v) is 3.12. The first kappa shape index (κ1) is 13.5. The zero-order chi connectivity index (χ0) is 15.1. The minimum Gasteiger partial charge on any atom is -0.391 e. The molecule has 0 spiro atoms. The fraction of sp³-hybridized carbons (Fsp3) is 0.250. The molecule has 3 aromatic rings. The Labute approximate surface area is 132 Å². The van der Waals surface area contributed by atoms with E-state index in [1.807, 2.05) is 41.0 Å². The Balaban J connectivity index is 1.83. The summed E-state index contributed by atoms with van der Waals surface area (Å²) >= 11 is 6.26. The lowest BCUT2D eigenvalue weighted by atomic mass is 10.1. The van der Waals surface area contributed by atoms with E-state index in [0.29, 0.717) is 11.6 Å². The van der Waals surface area contributed by atoms with Gasteiger partial charge in [0.05, 0.1) is 16.8 Å². The minimum absolute atomic E-state index is 0.284. The van der Waals surface area contributed by atoms with E-state index in [1.54, 1.807) is 6.20 Å². The Bertz CT molecular complexity index is 832. The number of halogens is 1. The van der Waals surface area contributed by atoms with E-state index in [4.69, 9.17) is 11.6 Å². The highest BCUT2D eigenvalue weighted by molar-refractivity contribution is 6.33. The second kappa shape index (κ2) is 5.26. The highest BCUT2D eigenvalue weighted by Gasteiger charge is 2.23. The lowest BCUT2D eigenvalue weighted by Crippen LogP contribution is -2.22. The average molecular weight is 315 g/mol. The first-order valence-electron chi connectivity index (χ1n) is 7.24. The van der Waals surface area contributed by atoms with Crippen LogP contribution < -0.4 is 4.90 Å². The van der Waals surface area contributed by atoms with Crippen molar-refractivity contribution in [3.63, 3.8) is 0 Å². The first-order chi connectivity index (χ1) is 10.7. The van der Waals surface area contributed by atoms with E-state index in [2.05, 4.69) is 15.0 Å². The number of anilines is 1. The maximum atomic E-state index is 9.74. The third kappa shape index (κ3) is 2.23. The molecule has 4 rings (SSSR count). The number of aliphatic hydroxyl groups excluding tert-OH is 1. The number of benzene rings is 1. The van der Waals surface area contributed by atoms with Gasteiger partial charge < -0.3 is 10.0 Å². The van der Waals surface area contributed by atoms with Gasteiger partial charge in [-0.15, -0.1) is 0 Å². The summed E-state index contributed by atoms with van der Waals surface area (Å²) in [4.78, 5) is 6.57. The van der Waals surface area contributed by atoms with Crippen molar-refractivity contribution >= 4 is 22.9 Å². The van der Waals surface area contributed by atoms with Crippen molar-refractivity contribution in [2.75, 3.05) is 18.0 Å². The van der Waals surface area contributed by atoms with Crippen molar-refractivity contribution in [2.24, 2.45) is 0 Å². The Morgan fingerprint density at radius 1 is 1.27 bits per heavy atom. The molecule has 0 amide bonds. The highest BCUT2D eigenvalue weighted by atomic mass is 35.5. The summed E-state index contributed by atoms with van der Waals surface area (Å²) in [7, 11) is 0. The van der Waals surface area contributed by atoms with E-state index in [-0.39, 0.29) is 6.10 Å². The molecule has 0 bridgehead atoms. The van der Waals surface area contributed by atoms with E-state index in [1.165, 1.54) is 0 Å². The smallest absolute Gasteiger partial charge is 0.154 e. The number of rotatable bonds is 2. The molecule has 1 aromatic carbocycles. The van der Waals surface area contributed by atoms with E-state index >= 15 is 0 Å². The molecule has 3 heterocycles. The first-order valence-corrected chi connectivity index (χ1v) is 7.62. The summed E-state index contributed by atoms with van der Waals surface area (Å²) in [6, 6.07) is 9.66. The quantitative estimate of drug-likeness (QED) is 0.790. The summed E-state index contributed by atoms with van der Waals surface area (Å²) in [6.07, 6.45) is 4.05. The lowest BCUT2D eigenvalue weighted by molar-refractivity contribution is 0.198. The topological polar surface area (TPSA) is 53.7 Å². The van der Waals surface area contributed by atoms with Crippen LogP contribution in [0.1, 0.15) is 6.42 Å². The second-order valence-electron chi connectivity index (χ2n) is 5.48. The van der Waals surface area contributed by atoms with Gasteiger partial charge in [-0.3, -0.25) is 0 Å². The third-order valence-electron chi connectivity index (χ3n) is 3.98. The van der Waals surface area contributed by atoms with E-state index in [9.17, 15) is 5.11 Å². The van der Waals surface area contributed by atoms with Crippen LogP contribution in [0.3, 0.4) is 0 Å². The zero-order valence-electron chi connectivity index (χ0n) is 11.9. The predicted octanol–water partition coefficient (Wildman–Crippen LogP) is 2.62. The molecule has 0 radical (unpaired) electrons. The Hall–Kier alpha value is -2.11. The van der Waals surface area contributed by atoms with Gasteiger partial charge in [-0.1, -0.05) is 29.8 Å². The van der Waals surface area contributed by atoms with Gasteiger partial charge in [0.15, 0.2) is 5.82 Å². The molecule has 1 unspecified atom stereocenters. The van der Waals surface area contributed by atoms with Crippen molar-refractivity contribution in [2.45, 2.75) is 12.5 Å². The van der Waals surface area contributed by atoms with E-state index in [0.717, 1.165) is 35.6 Å². The van der Waals surface area contributed by atoms with E-state index < -0.39 is 0 Å². The molecule has 1 aliphatic rings. The van der Waals surface area contributed by atoms with Crippen LogP contribution in [0.2, 0.25) is 5.02 Å². The van der Waals surface area contributed by atoms with Gasteiger partial charge in [-0.2, -0.15) is 5.10 Å². The van der Waals surface area contributed by atoms with Crippen LogP contribution >= 0.6 is 11.6 Å². The van der Waals surface area contributed by atoms with Gasteiger partial charge in [-0.25, -0.2) is 9.50 Å². The lowest BCUT2D eigenvalue weighted by Gasteiger charge is -2.16. The predicted molar refractivity (Wildman–Crippen MR) is 86.3 cm³/mol. The van der Waals surface area contributed by atoms with Gasteiger partial charge in [0.1, 0.15) is 5.52 Å². The van der Waals surface area contributed by atoms with Crippen molar-refractivity contribution < 1.29 is 5.11 Å². The van der Waals surface area contributed by atoms with Crippen LogP contribution in [0, 0.1) is 0 Å². The molecule has 22 heavy (non-hydrogen) atoms. The Kier molecular flexibility index (Phi) is 3.24. The van der Waals surface area contributed by atoms with Crippen LogP contribution in [-0.2, 0) is 0 Å². The summed E-state index contributed by atoms with van der Waals surface area (Å²) in [5.41, 5.74) is 2.64. The normalized spacial score (nSPS) is 18.3. The van der Waals surface area contributed by atoms with Crippen molar-refractivity contribution in [1.82, 2.24) is 14.6 Å². The number of hydrogen-bond donors (Lipinski definition) is 1. The maximum Gasteiger partial charge on any atom is 0.154 e. The van der Waals surface area contributed by atoms with Gasteiger partial charge >= 0.3 is 0 Å². The number of aliphatic hydroxyl groups is 1. The molecule has 1 saturated heterocycles. The number of aromatic nitrogens is 3. The van der Waals surface area contributed by atoms with Crippen LogP contribution in [0.25, 0.3) is 16.8 Å². The molecule has 1 fully saturated rings. The molecule has 0 aliphatic carbocycles. The number of nitrogens with zero attached hydrogens (tertiary/aromatic N) is 4. The molecule has 1 atom stereocenters. The molecular weight excluding hydrogens is 300 g/mol. The van der Waals surface area contributed by atoms with Crippen molar-refractivity contribution in [3.05, 3.63) is 47.7 Å². The fourth-order valence-electron chi connectivity index (χ4n) is 2.89. The monoisotopic (exact) mass is 314 g/mol. The molecule has 5 nitrogen and oxygen atoms in total. The van der Waals surface area contributed by atoms with Crippen LogP contribution in [0.5, 0.6) is 0 Å². The van der Waals surface area contributed by atoms with Crippen molar-refractivity contribution in [1.29, 1.82) is 0 Å². The molecule has 2 aromatic heterocycles. The summed E-state index contributed by atoms with van der Waals surface area (Å²) in [6.45, 7) is 1.42. The minimum atomic E-state index is -0.284. The molecule has 6 heteroatoms. The van der Waals surface area contributed by atoms with Gasteiger partial charge in [-0.05, 0) is 18.6 Å². The Morgan fingerprint density at radius 3 is 2.91 bits per heavy atom.